The molecule has 0 heterocycles. The molecule has 0 aromatic heterocycles. The van der Waals surface area contributed by atoms with Crippen LogP contribution in [0.1, 0.15) is 0 Å². The van der Waals surface area contributed by atoms with Crippen molar-refractivity contribution in [2.45, 2.75) is 4.90 Å². The number of hydrogen-bond acceptors (Lipinski definition) is 4. The highest BCUT2D eigenvalue weighted by molar-refractivity contribution is 8.00. The van der Waals surface area contributed by atoms with Crippen LogP contribution in [0.3, 0.4) is 0 Å². The minimum absolute atomic E-state index is 0.0984. The second kappa shape index (κ2) is 9.14. The average Bonchev–Trinajstić information content (AvgIpc) is 2.73. The van der Waals surface area contributed by atoms with Gasteiger partial charge in [0, 0.05) is 11.0 Å². The smallest absolute Gasteiger partial charge is 0.234 e. The molecule has 0 bridgehead atoms. The molecular formula is C22H21NO3S. The number of carbonyl (C=O) groups excluding carboxylic acids is 1. The third-order valence-corrected chi connectivity index (χ3v) is 5.02. The van der Waals surface area contributed by atoms with Gasteiger partial charge in [0.15, 0.2) is 0 Å². The Morgan fingerprint density at radius 1 is 0.889 bits per heavy atom. The summed E-state index contributed by atoms with van der Waals surface area (Å²) in [5, 5.41) is 2.88. The molecule has 0 spiro atoms. The predicted molar refractivity (Wildman–Crippen MR) is 111 cm³/mol. The van der Waals surface area contributed by atoms with Crippen LogP contribution in [-0.2, 0) is 4.79 Å². The number of carbonyl (C=O) groups is 1. The first kappa shape index (κ1) is 18.9. The second-order valence-corrected chi connectivity index (χ2v) is 6.84. The van der Waals surface area contributed by atoms with Crippen molar-refractivity contribution in [1.29, 1.82) is 0 Å². The summed E-state index contributed by atoms with van der Waals surface area (Å²) in [5.74, 6) is 1.47. The molecule has 1 N–H and O–H groups in total. The maximum absolute atomic E-state index is 12.3. The number of benzene rings is 3. The molecule has 0 aliphatic heterocycles. The number of anilines is 1. The van der Waals surface area contributed by atoms with E-state index < -0.39 is 0 Å². The van der Waals surface area contributed by atoms with E-state index in [1.54, 1.807) is 32.4 Å². The van der Waals surface area contributed by atoms with Gasteiger partial charge in [0.25, 0.3) is 0 Å². The monoisotopic (exact) mass is 379 g/mol. The van der Waals surface area contributed by atoms with Gasteiger partial charge in [-0.15, -0.1) is 11.8 Å². The molecule has 3 aromatic carbocycles. The molecule has 3 rings (SSSR count). The Hall–Kier alpha value is -2.92. The van der Waals surface area contributed by atoms with E-state index in [2.05, 4.69) is 29.6 Å². The molecule has 27 heavy (non-hydrogen) atoms. The molecule has 0 aliphatic rings. The fourth-order valence-corrected chi connectivity index (χ4v) is 3.32. The molecular weight excluding hydrogens is 358 g/mol. The Balaban J connectivity index is 1.59. The molecule has 1 amide bonds. The molecule has 0 atom stereocenters. The first-order valence-electron chi connectivity index (χ1n) is 8.50. The number of thioether (sulfide) groups is 1. The zero-order valence-electron chi connectivity index (χ0n) is 15.3. The van der Waals surface area contributed by atoms with E-state index in [4.69, 9.17) is 9.47 Å². The molecule has 0 radical (unpaired) electrons. The van der Waals surface area contributed by atoms with Gasteiger partial charge in [-0.1, -0.05) is 42.5 Å². The Labute approximate surface area is 163 Å². The summed E-state index contributed by atoms with van der Waals surface area (Å²) < 4.78 is 10.5. The average molecular weight is 379 g/mol. The summed E-state index contributed by atoms with van der Waals surface area (Å²) in [5.41, 5.74) is 2.93. The quantitative estimate of drug-likeness (QED) is 0.580. The number of nitrogens with one attached hydrogen (secondary N) is 1. The van der Waals surface area contributed by atoms with Crippen LogP contribution in [0.2, 0.25) is 0 Å². The molecule has 4 nitrogen and oxygen atoms in total. The summed E-state index contributed by atoms with van der Waals surface area (Å²) in [4.78, 5) is 13.4. The summed E-state index contributed by atoms with van der Waals surface area (Å²) >= 11 is 1.49. The van der Waals surface area contributed by atoms with E-state index in [0.29, 0.717) is 22.9 Å². The molecule has 5 heteroatoms. The van der Waals surface area contributed by atoms with Gasteiger partial charge in [-0.2, -0.15) is 0 Å². The molecule has 0 fully saturated rings. The molecule has 3 aromatic rings. The number of methoxy groups -OCH3 is 2. The Bertz CT molecular complexity index is 895. The minimum Gasteiger partial charge on any atom is -0.497 e. The van der Waals surface area contributed by atoms with Crippen molar-refractivity contribution in [2.75, 3.05) is 25.3 Å². The number of rotatable bonds is 7. The lowest BCUT2D eigenvalue weighted by Gasteiger charge is -2.11. The Kier molecular flexibility index (Phi) is 6.39. The largest absolute Gasteiger partial charge is 0.497 e. The van der Waals surface area contributed by atoms with Gasteiger partial charge in [0.2, 0.25) is 5.91 Å². The first-order chi connectivity index (χ1) is 13.2. The van der Waals surface area contributed by atoms with Crippen LogP contribution in [-0.4, -0.2) is 25.9 Å². The summed E-state index contributed by atoms with van der Waals surface area (Å²) in [7, 11) is 3.16. The fourth-order valence-electron chi connectivity index (χ4n) is 2.62. The molecule has 0 aliphatic carbocycles. The maximum Gasteiger partial charge on any atom is 0.234 e. The third-order valence-electron chi connectivity index (χ3n) is 4.01. The first-order valence-corrected chi connectivity index (χ1v) is 9.48. The minimum atomic E-state index is -0.0984. The number of amides is 1. The van der Waals surface area contributed by atoms with Crippen molar-refractivity contribution in [3.8, 4) is 22.6 Å². The molecule has 0 saturated carbocycles. The standard InChI is InChI=1S/C22H21NO3S/c1-25-18-10-13-21(26-2)20(14-18)23-22(24)15-27-19-11-8-17(9-12-19)16-6-4-3-5-7-16/h3-14H,15H2,1-2H3,(H,23,24). The van der Waals surface area contributed by atoms with Crippen molar-refractivity contribution >= 4 is 23.4 Å². The van der Waals surface area contributed by atoms with E-state index in [-0.39, 0.29) is 5.91 Å². The topological polar surface area (TPSA) is 47.6 Å². The van der Waals surface area contributed by atoms with Crippen molar-refractivity contribution < 1.29 is 14.3 Å². The number of hydrogen-bond donors (Lipinski definition) is 1. The highest BCUT2D eigenvalue weighted by Gasteiger charge is 2.10. The highest BCUT2D eigenvalue weighted by atomic mass is 32.2. The van der Waals surface area contributed by atoms with E-state index in [9.17, 15) is 4.79 Å². The van der Waals surface area contributed by atoms with Crippen LogP contribution < -0.4 is 14.8 Å². The van der Waals surface area contributed by atoms with Gasteiger partial charge in [0.05, 0.1) is 25.7 Å². The highest BCUT2D eigenvalue weighted by Crippen LogP contribution is 2.29. The molecule has 138 valence electrons. The van der Waals surface area contributed by atoms with Crippen molar-refractivity contribution in [2.24, 2.45) is 0 Å². The SMILES string of the molecule is COc1ccc(OC)c(NC(=O)CSc2ccc(-c3ccccc3)cc2)c1. The van der Waals surface area contributed by atoms with Gasteiger partial charge < -0.3 is 14.8 Å². The van der Waals surface area contributed by atoms with Gasteiger partial charge in [-0.05, 0) is 35.4 Å². The van der Waals surface area contributed by atoms with Gasteiger partial charge >= 0.3 is 0 Å². The van der Waals surface area contributed by atoms with E-state index in [1.807, 2.05) is 30.3 Å². The van der Waals surface area contributed by atoms with Gasteiger partial charge in [0.1, 0.15) is 11.5 Å². The van der Waals surface area contributed by atoms with E-state index in [1.165, 1.54) is 17.3 Å². The van der Waals surface area contributed by atoms with Crippen LogP contribution in [0.25, 0.3) is 11.1 Å². The normalized spacial score (nSPS) is 10.3. The lowest BCUT2D eigenvalue weighted by molar-refractivity contribution is -0.113. The summed E-state index contributed by atoms with van der Waals surface area (Å²) in [6, 6.07) is 23.7. The van der Waals surface area contributed by atoms with Crippen LogP contribution in [0.4, 0.5) is 5.69 Å². The third kappa shape index (κ3) is 5.05. The van der Waals surface area contributed by atoms with Crippen molar-refractivity contribution in [3.05, 3.63) is 72.8 Å². The van der Waals surface area contributed by atoms with Gasteiger partial charge in [-0.3, -0.25) is 4.79 Å². The van der Waals surface area contributed by atoms with Crippen molar-refractivity contribution in [1.82, 2.24) is 0 Å². The maximum atomic E-state index is 12.3. The lowest BCUT2D eigenvalue weighted by atomic mass is 10.1. The van der Waals surface area contributed by atoms with Gasteiger partial charge in [-0.25, -0.2) is 0 Å². The summed E-state index contributed by atoms with van der Waals surface area (Å²) in [6.45, 7) is 0. The predicted octanol–water partition coefficient (Wildman–Crippen LogP) is 5.10. The van der Waals surface area contributed by atoms with Crippen LogP contribution in [0.5, 0.6) is 11.5 Å². The van der Waals surface area contributed by atoms with E-state index >= 15 is 0 Å². The number of ether oxygens (including phenoxy) is 2. The van der Waals surface area contributed by atoms with Crippen LogP contribution >= 0.6 is 11.8 Å². The Morgan fingerprint density at radius 2 is 1.59 bits per heavy atom. The van der Waals surface area contributed by atoms with Crippen LogP contribution in [0.15, 0.2) is 77.7 Å². The second-order valence-electron chi connectivity index (χ2n) is 5.79. The molecule has 0 unspecified atom stereocenters. The Morgan fingerprint density at radius 3 is 2.26 bits per heavy atom. The van der Waals surface area contributed by atoms with E-state index in [0.717, 1.165) is 10.5 Å². The zero-order chi connectivity index (χ0) is 19.1. The fraction of sp³-hybridized carbons (Fsp3) is 0.136. The zero-order valence-corrected chi connectivity index (χ0v) is 16.1. The summed E-state index contributed by atoms with van der Waals surface area (Å²) in [6.07, 6.45) is 0. The van der Waals surface area contributed by atoms with Crippen molar-refractivity contribution in [3.63, 3.8) is 0 Å². The molecule has 0 saturated heterocycles. The lowest BCUT2D eigenvalue weighted by Crippen LogP contribution is -2.14. The van der Waals surface area contributed by atoms with Crippen LogP contribution in [0, 0.1) is 0 Å².